The molecule has 0 aromatic heterocycles. The molecule has 28 heavy (non-hydrogen) atoms. The van der Waals surface area contributed by atoms with Gasteiger partial charge in [0.15, 0.2) is 0 Å². The molecule has 0 radical (unpaired) electrons. The Balaban J connectivity index is 0. The van der Waals surface area contributed by atoms with Crippen molar-refractivity contribution >= 4 is 5.57 Å². The summed E-state index contributed by atoms with van der Waals surface area (Å²) in [6.07, 6.45) is 0. The van der Waals surface area contributed by atoms with Gasteiger partial charge < -0.3 is 0 Å². The quantitative estimate of drug-likeness (QED) is 0.432. The Labute approximate surface area is 176 Å². The predicted octanol–water partition coefficient (Wildman–Crippen LogP) is 9.24. The van der Waals surface area contributed by atoms with E-state index >= 15 is 0 Å². The van der Waals surface area contributed by atoms with Gasteiger partial charge in [-0.3, -0.25) is 0 Å². The second-order valence-corrected chi connectivity index (χ2v) is 8.33. The van der Waals surface area contributed by atoms with Crippen LogP contribution in [0.1, 0.15) is 83.2 Å². The van der Waals surface area contributed by atoms with E-state index in [2.05, 4.69) is 97.2 Å². The summed E-state index contributed by atoms with van der Waals surface area (Å²) in [5, 5.41) is 0. The van der Waals surface area contributed by atoms with E-state index in [0.29, 0.717) is 0 Å². The maximum atomic E-state index is 3.92. The highest BCUT2D eigenvalue weighted by molar-refractivity contribution is 5.61. The van der Waals surface area contributed by atoms with Crippen LogP contribution in [0.5, 0.6) is 0 Å². The summed E-state index contributed by atoms with van der Waals surface area (Å²) in [6, 6.07) is 15.0. The van der Waals surface area contributed by atoms with Crippen molar-refractivity contribution in [1.29, 1.82) is 0 Å². The van der Waals surface area contributed by atoms with Gasteiger partial charge in [0.2, 0.25) is 0 Å². The van der Waals surface area contributed by atoms with Crippen LogP contribution in [0.2, 0.25) is 0 Å². The fourth-order valence-electron chi connectivity index (χ4n) is 2.15. The maximum absolute atomic E-state index is 3.92. The third-order valence-electron chi connectivity index (χ3n) is 4.12. The number of hydrogen-bond donors (Lipinski definition) is 0. The Kier molecular flexibility index (Phi) is 14.1. The topological polar surface area (TPSA) is 0 Å². The molecule has 0 spiro atoms. The molecule has 0 fully saturated rings. The monoisotopic (exact) mass is 380 g/mol. The first kappa shape index (κ1) is 28.1. The largest absolute Gasteiger partial charge is 0.100 e. The summed E-state index contributed by atoms with van der Waals surface area (Å²) in [5.41, 5.74) is 9.32. The normalized spacial score (nSPS) is 9.54. The molecule has 0 unspecified atom stereocenters. The van der Waals surface area contributed by atoms with Crippen molar-refractivity contribution < 1.29 is 0 Å². The lowest BCUT2D eigenvalue weighted by Crippen LogP contribution is -2.10. The SMILES string of the molecule is C=C(C)C.C=C(C)c1ccc(C(C)(C)C)cc1.CC.Cc1cccc(C)c1C. The van der Waals surface area contributed by atoms with Gasteiger partial charge in [-0.15, -0.1) is 6.58 Å². The lowest BCUT2D eigenvalue weighted by atomic mass is 9.86. The zero-order valence-electron chi connectivity index (χ0n) is 20.5. The highest BCUT2D eigenvalue weighted by atomic mass is 14.2. The van der Waals surface area contributed by atoms with E-state index in [4.69, 9.17) is 0 Å². The van der Waals surface area contributed by atoms with Crippen molar-refractivity contribution in [3.63, 3.8) is 0 Å². The highest BCUT2D eigenvalue weighted by Gasteiger charge is 2.12. The van der Waals surface area contributed by atoms with Gasteiger partial charge in [-0.25, -0.2) is 0 Å². The summed E-state index contributed by atoms with van der Waals surface area (Å²) >= 11 is 0. The molecule has 2 aromatic carbocycles. The van der Waals surface area contributed by atoms with Crippen molar-refractivity contribution in [2.75, 3.05) is 0 Å². The number of benzene rings is 2. The molecule has 0 nitrogen and oxygen atoms in total. The van der Waals surface area contributed by atoms with Crippen molar-refractivity contribution in [1.82, 2.24) is 0 Å². The lowest BCUT2D eigenvalue weighted by molar-refractivity contribution is 0.590. The summed E-state index contributed by atoms with van der Waals surface area (Å²) in [4.78, 5) is 0. The molecular weight excluding hydrogens is 336 g/mol. The Morgan fingerprint density at radius 1 is 0.714 bits per heavy atom. The zero-order chi connectivity index (χ0) is 22.5. The van der Waals surface area contributed by atoms with E-state index < -0.39 is 0 Å². The summed E-state index contributed by atoms with van der Waals surface area (Å²) < 4.78 is 0. The van der Waals surface area contributed by atoms with E-state index in [9.17, 15) is 0 Å². The molecule has 2 rings (SSSR count). The average Bonchev–Trinajstić information content (AvgIpc) is 2.61. The second-order valence-electron chi connectivity index (χ2n) is 8.33. The van der Waals surface area contributed by atoms with Crippen LogP contribution in [0.25, 0.3) is 5.57 Å². The third-order valence-corrected chi connectivity index (χ3v) is 4.12. The van der Waals surface area contributed by atoms with E-state index in [0.717, 1.165) is 5.57 Å². The van der Waals surface area contributed by atoms with Gasteiger partial charge >= 0.3 is 0 Å². The van der Waals surface area contributed by atoms with Gasteiger partial charge in [-0.05, 0) is 74.8 Å². The van der Waals surface area contributed by atoms with Crippen LogP contribution in [-0.2, 0) is 5.41 Å². The van der Waals surface area contributed by atoms with Crippen LogP contribution >= 0.6 is 0 Å². The molecule has 156 valence electrons. The zero-order valence-corrected chi connectivity index (χ0v) is 20.5. The lowest BCUT2D eigenvalue weighted by Gasteiger charge is -2.19. The maximum Gasteiger partial charge on any atom is -0.0132 e. The van der Waals surface area contributed by atoms with Crippen molar-refractivity contribution in [3.05, 3.63) is 89.0 Å². The van der Waals surface area contributed by atoms with E-state index in [1.807, 2.05) is 34.6 Å². The van der Waals surface area contributed by atoms with E-state index in [1.54, 1.807) is 0 Å². The van der Waals surface area contributed by atoms with Gasteiger partial charge in [0.1, 0.15) is 0 Å². The van der Waals surface area contributed by atoms with Crippen LogP contribution in [0.15, 0.2) is 61.2 Å². The molecule has 0 amide bonds. The molecule has 0 N–H and O–H groups in total. The van der Waals surface area contributed by atoms with E-state index in [-0.39, 0.29) is 5.41 Å². The average molecular weight is 381 g/mol. The van der Waals surface area contributed by atoms with Gasteiger partial charge in [0, 0.05) is 0 Å². The first-order valence-corrected chi connectivity index (χ1v) is 10.3. The van der Waals surface area contributed by atoms with Crippen molar-refractivity contribution in [2.24, 2.45) is 0 Å². The smallest absolute Gasteiger partial charge is 0.0132 e. The van der Waals surface area contributed by atoms with Gasteiger partial charge in [0.25, 0.3) is 0 Å². The van der Waals surface area contributed by atoms with Crippen molar-refractivity contribution in [3.8, 4) is 0 Å². The Hall–Kier alpha value is -2.08. The van der Waals surface area contributed by atoms with Crippen LogP contribution in [0.3, 0.4) is 0 Å². The molecule has 0 atom stereocenters. The number of hydrogen-bond acceptors (Lipinski definition) is 0. The third kappa shape index (κ3) is 12.3. The standard InChI is InChI=1S/C13H18.C9H12.C4H8.C2H6/c1-10(2)11-6-8-12(9-7-11)13(3,4)5;1-7-5-4-6-8(2)9(7)3;1-4(2)3;1-2/h6-9H,1H2,2-5H3;4-6H,1-3H3;1H2,2-3H3;1-2H3. The summed E-state index contributed by atoms with van der Waals surface area (Å²) in [5.74, 6) is 0. The predicted molar refractivity (Wildman–Crippen MR) is 132 cm³/mol. The van der Waals surface area contributed by atoms with Crippen LogP contribution in [-0.4, -0.2) is 0 Å². The first-order chi connectivity index (χ1) is 12.9. The minimum absolute atomic E-state index is 0.244. The molecular formula is C28H44. The van der Waals surface area contributed by atoms with Gasteiger partial charge in [-0.2, -0.15) is 0 Å². The Morgan fingerprint density at radius 3 is 1.32 bits per heavy atom. The van der Waals surface area contributed by atoms with Gasteiger partial charge in [0.05, 0.1) is 0 Å². The highest BCUT2D eigenvalue weighted by Crippen LogP contribution is 2.23. The first-order valence-electron chi connectivity index (χ1n) is 10.3. The summed E-state index contributed by atoms with van der Waals surface area (Å²) in [6.45, 7) is 30.6. The minimum Gasteiger partial charge on any atom is -0.100 e. The fraction of sp³-hybridized carbons (Fsp3) is 0.429. The van der Waals surface area contributed by atoms with E-state index in [1.165, 1.54) is 33.4 Å². The Morgan fingerprint density at radius 2 is 1.07 bits per heavy atom. The van der Waals surface area contributed by atoms with Crippen molar-refractivity contribution in [2.45, 2.75) is 81.6 Å². The molecule has 0 aliphatic carbocycles. The molecule has 0 saturated carbocycles. The number of allylic oxidation sites excluding steroid dienone is 2. The minimum atomic E-state index is 0.244. The molecule has 0 saturated heterocycles. The molecule has 2 aromatic rings. The summed E-state index contributed by atoms with van der Waals surface area (Å²) in [7, 11) is 0. The molecule has 0 heterocycles. The molecule has 0 bridgehead atoms. The molecule has 0 aliphatic heterocycles. The molecule has 0 heteroatoms. The fourth-order valence-corrected chi connectivity index (χ4v) is 2.15. The Bertz CT molecular complexity index is 682. The number of rotatable bonds is 1. The van der Waals surface area contributed by atoms with Crippen LogP contribution in [0, 0.1) is 20.8 Å². The van der Waals surface area contributed by atoms with Crippen LogP contribution in [0.4, 0.5) is 0 Å². The second kappa shape index (κ2) is 14.0. The number of aryl methyl sites for hydroxylation is 2. The van der Waals surface area contributed by atoms with Crippen LogP contribution < -0.4 is 0 Å². The van der Waals surface area contributed by atoms with Gasteiger partial charge in [-0.1, -0.05) is 94.8 Å². The molecule has 0 aliphatic rings.